The lowest BCUT2D eigenvalue weighted by molar-refractivity contribution is -0.140. The molecule has 3 rings (SSSR count). The van der Waals surface area contributed by atoms with E-state index in [9.17, 15) is 17.6 Å². The topological polar surface area (TPSA) is 96.5 Å². The van der Waals surface area contributed by atoms with Gasteiger partial charge in [0.15, 0.2) is 0 Å². The Labute approximate surface area is 158 Å². The lowest BCUT2D eigenvalue weighted by Crippen LogP contribution is -2.51. The molecule has 0 aromatic heterocycles. The van der Waals surface area contributed by atoms with E-state index in [0.717, 1.165) is 25.0 Å². The number of carbonyl (C=O) groups excluding carboxylic acids is 1. The van der Waals surface area contributed by atoms with Crippen molar-refractivity contribution in [2.75, 3.05) is 25.5 Å². The molecule has 2 aliphatic rings. The summed E-state index contributed by atoms with van der Waals surface area (Å²) >= 11 is 0. The highest BCUT2D eigenvalue weighted by Crippen LogP contribution is 2.27. The molecule has 1 aromatic carbocycles. The summed E-state index contributed by atoms with van der Waals surface area (Å²) in [5.41, 5.74) is -0.747. The number of piperidine rings is 1. The van der Waals surface area contributed by atoms with E-state index < -0.39 is 26.3 Å². The molecule has 146 valence electrons. The highest BCUT2D eigenvalue weighted by atomic mass is 35.5. The Hall–Kier alpha value is -1.26. The van der Waals surface area contributed by atoms with Crippen molar-refractivity contribution < 1.29 is 22.3 Å². The average Bonchev–Trinajstić information content (AvgIpc) is 3.40. The van der Waals surface area contributed by atoms with Crippen molar-refractivity contribution in [2.45, 2.75) is 42.2 Å². The van der Waals surface area contributed by atoms with Gasteiger partial charge in [-0.2, -0.15) is 0 Å². The van der Waals surface area contributed by atoms with Crippen LogP contribution in [0, 0.1) is 5.82 Å². The Morgan fingerprint density at radius 3 is 2.54 bits per heavy atom. The van der Waals surface area contributed by atoms with E-state index in [1.807, 2.05) is 0 Å². The van der Waals surface area contributed by atoms with Gasteiger partial charge < -0.3 is 15.4 Å². The zero-order chi connectivity index (χ0) is 18.1. The first-order valence-electron chi connectivity index (χ1n) is 8.25. The highest BCUT2D eigenvalue weighted by molar-refractivity contribution is 7.89. The van der Waals surface area contributed by atoms with Crippen LogP contribution in [0.15, 0.2) is 23.1 Å². The Balaban J connectivity index is 0.00000243. The number of rotatable bonds is 6. The summed E-state index contributed by atoms with van der Waals surface area (Å²) < 4.78 is 46.4. The van der Waals surface area contributed by atoms with Crippen molar-refractivity contribution in [3.8, 4) is 0 Å². The minimum absolute atomic E-state index is 0. The largest absolute Gasteiger partial charge is 0.368 e. The number of sulfonamides is 1. The van der Waals surface area contributed by atoms with Gasteiger partial charge in [-0.15, -0.1) is 12.4 Å². The molecule has 1 saturated heterocycles. The third-order valence-corrected chi connectivity index (χ3v) is 6.13. The monoisotopic (exact) mass is 407 g/mol. The maximum Gasteiger partial charge on any atom is 0.256 e. The van der Waals surface area contributed by atoms with Crippen LogP contribution in [0.5, 0.6) is 0 Å². The lowest BCUT2D eigenvalue weighted by Gasteiger charge is -2.34. The zero-order valence-corrected chi connectivity index (χ0v) is 16.0. The van der Waals surface area contributed by atoms with Crippen LogP contribution < -0.4 is 15.4 Å². The molecule has 1 aliphatic carbocycles. The summed E-state index contributed by atoms with van der Waals surface area (Å²) in [4.78, 5) is 12.2. The molecule has 2 fully saturated rings. The first-order chi connectivity index (χ1) is 11.9. The molecule has 0 spiro atoms. The summed E-state index contributed by atoms with van der Waals surface area (Å²) in [6.07, 6.45) is 2.51. The molecule has 0 bridgehead atoms. The number of anilines is 1. The van der Waals surface area contributed by atoms with E-state index >= 15 is 0 Å². The van der Waals surface area contributed by atoms with Crippen LogP contribution in [0.2, 0.25) is 0 Å². The molecule has 1 saturated carbocycles. The Morgan fingerprint density at radius 1 is 1.31 bits per heavy atom. The SMILES string of the molecule is COC1(C(=O)Nc2ccc(F)c(S(=O)(=O)NC3CC3)c2)CCNCC1.Cl. The van der Waals surface area contributed by atoms with Crippen LogP contribution in [0.25, 0.3) is 0 Å². The molecule has 1 aliphatic heterocycles. The second-order valence-electron chi connectivity index (χ2n) is 6.44. The Bertz CT molecular complexity index is 765. The predicted molar refractivity (Wildman–Crippen MR) is 97.5 cm³/mol. The van der Waals surface area contributed by atoms with E-state index in [2.05, 4.69) is 15.4 Å². The van der Waals surface area contributed by atoms with E-state index in [1.165, 1.54) is 13.2 Å². The number of hydrogen-bond donors (Lipinski definition) is 3. The third kappa shape index (κ3) is 4.52. The van der Waals surface area contributed by atoms with E-state index in [-0.39, 0.29) is 30.0 Å². The minimum Gasteiger partial charge on any atom is -0.368 e. The molecular formula is C16H23ClFN3O4S. The zero-order valence-electron chi connectivity index (χ0n) is 14.4. The van der Waals surface area contributed by atoms with Gasteiger partial charge >= 0.3 is 0 Å². The summed E-state index contributed by atoms with van der Waals surface area (Å²) in [6, 6.07) is 3.39. The van der Waals surface area contributed by atoms with Gasteiger partial charge in [-0.3, -0.25) is 4.79 Å². The normalized spacial score (nSPS) is 19.5. The highest BCUT2D eigenvalue weighted by Gasteiger charge is 2.40. The van der Waals surface area contributed by atoms with Gasteiger partial charge in [0.05, 0.1) is 0 Å². The number of nitrogens with one attached hydrogen (secondary N) is 3. The summed E-state index contributed by atoms with van der Waals surface area (Å²) in [5, 5.41) is 5.82. The van der Waals surface area contributed by atoms with Crippen molar-refractivity contribution in [3.05, 3.63) is 24.0 Å². The molecule has 1 aromatic rings. The van der Waals surface area contributed by atoms with Crippen LogP contribution in [0.4, 0.5) is 10.1 Å². The molecule has 0 radical (unpaired) electrons. The van der Waals surface area contributed by atoms with Gasteiger partial charge in [0.25, 0.3) is 5.91 Å². The molecule has 7 nitrogen and oxygen atoms in total. The summed E-state index contributed by atoms with van der Waals surface area (Å²) in [7, 11) is -2.47. The van der Waals surface area contributed by atoms with E-state index in [4.69, 9.17) is 4.74 Å². The number of amides is 1. The Morgan fingerprint density at radius 2 is 1.96 bits per heavy atom. The van der Waals surface area contributed by atoms with Gasteiger partial charge in [0.2, 0.25) is 10.0 Å². The maximum atomic E-state index is 14.0. The van der Waals surface area contributed by atoms with E-state index in [0.29, 0.717) is 25.9 Å². The molecule has 0 unspecified atom stereocenters. The number of ether oxygens (including phenoxy) is 1. The lowest BCUT2D eigenvalue weighted by atomic mass is 9.91. The molecule has 3 N–H and O–H groups in total. The minimum atomic E-state index is -3.95. The Kier molecular flexibility index (Phi) is 6.62. The van der Waals surface area contributed by atoms with Gasteiger partial charge in [-0.1, -0.05) is 0 Å². The fourth-order valence-corrected chi connectivity index (χ4v) is 4.28. The van der Waals surface area contributed by atoms with Crippen LogP contribution in [0.1, 0.15) is 25.7 Å². The van der Waals surface area contributed by atoms with Gasteiger partial charge in [0, 0.05) is 18.8 Å². The van der Waals surface area contributed by atoms with Crippen molar-refractivity contribution in [2.24, 2.45) is 0 Å². The van der Waals surface area contributed by atoms with Crippen molar-refractivity contribution in [3.63, 3.8) is 0 Å². The maximum absolute atomic E-state index is 14.0. The van der Waals surface area contributed by atoms with Crippen molar-refractivity contribution in [1.29, 1.82) is 0 Å². The number of carbonyl (C=O) groups is 1. The van der Waals surface area contributed by atoms with Crippen molar-refractivity contribution >= 4 is 34.0 Å². The van der Waals surface area contributed by atoms with Gasteiger partial charge in [-0.25, -0.2) is 17.5 Å². The standard InChI is InChI=1S/C16H22FN3O4S.ClH/c1-24-16(6-8-18-9-7-16)15(21)19-12-4-5-13(17)14(10-12)25(22,23)20-11-2-3-11;/h4-5,10-11,18,20H,2-3,6-9H2,1H3,(H,19,21);1H. The predicted octanol–water partition coefficient (Wildman–Crippen LogP) is 1.40. The molecule has 26 heavy (non-hydrogen) atoms. The number of hydrogen-bond acceptors (Lipinski definition) is 5. The van der Waals surface area contributed by atoms with Crippen LogP contribution in [0.3, 0.4) is 0 Å². The van der Waals surface area contributed by atoms with Crippen molar-refractivity contribution in [1.82, 2.24) is 10.0 Å². The second kappa shape index (κ2) is 8.18. The van der Waals surface area contributed by atoms with Crippen LogP contribution in [-0.2, 0) is 19.6 Å². The summed E-state index contributed by atoms with van der Waals surface area (Å²) in [5.74, 6) is -1.21. The van der Waals surface area contributed by atoms with Gasteiger partial charge in [-0.05, 0) is 57.0 Å². The third-order valence-electron chi connectivity index (χ3n) is 4.59. The molecule has 10 heteroatoms. The van der Waals surface area contributed by atoms with Crippen LogP contribution in [-0.4, -0.2) is 46.2 Å². The number of methoxy groups -OCH3 is 1. The van der Waals surface area contributed by atoms with E-state index in [1.54, 1.807) is 0 Å². The molecule has 0 atom stereocenters. The smallest absolute Gasteiger partial charge is 0.256 e. The molecule has 1 heterocycles. The van der Waals surface area contributed by atoms with Crippen LogP contribution >= 0.6 is 12.4 Å². The number of halogens is 2. The first-order valence-corrected chi connectivity index (χ1v) is 9.74. The fraction of sp³-hybridized carbons (Fsp3) is 0.562. The first kappa shape index (κ1) is 21.0. The fourth-order valence-electron chi connectivity index (χ4n) is 2.87. The summed E-state index contributed by atoms with van der Waals surface area (Å²) in [6.45, 7) is 1.30. The quantitative estimate of drug-likeness (QED) is 0.662. The number of benzene rings is 1. The molecule has 1 amide bonds. The second-order valence-corrected chi connectivity index (χ2v) is 8.13. The average molecular weight is 408 g/mol. The molecular weight excluding hydrogens is 385 g/mol. The van der Waals surface area contributed by atoms with Gasteiger partial charge in [0.1, 0.15) is 16.3 Å².